The van der Waals surface area contributed by atoms with Gasteiger partial charge in [-0.05, 0) is 31.7 Å². The number of aryl methyl sites for hydroxylation is 1. The molecule has 2 N–H and O–H groups in total. The van der Waals surface area contributed by atoms with E-state index in [1.54, 1.807) is 0 Å². The van der Waals surface area contributed by atoms with Crippen molar-refractivity contribution in [2.24, 2.45) is 0 Å². The molecular formula is C14H16N2O. The normalized spacial score (nSPS) is 19.0. The maximum Gasteiger partial charge on any atom is 0.225 e. The van der Waals surface area contributed by atoms with E-state index in [1.807, 2.05) is 0 Å². The predicted molar refractivity (Wildman–Crippen MR) is 66.9 cm³/mol. The smallest absolute Gasteiger partial charge is 0.225 e. The molecule has 1 aromatic heterocycles. The Hall–Kier alpha value is -1.77. The van der Waals surface area contributed by atoms with Gasteiger partial charge in [0.25, 0.3) is 0 Å². The highest BCUT2D eigenvalue weighted by molar-refractivity contribution is 5.45. The summed E-state index contributed by atoms with van der Waals surface area (Å²) in [5.41, 5.74) is 10.5. The van der Waals surface area contributed by atoms with E-state index in [0.29, 0.717) is 11.8 Å². The Morgan fingerprint density at radius 1 is 1.29 bits per heavy atom. The molecule has 3 heteroatoms. The summed E-state index contributed by atoms with van der Waals surface area (Å²) in [6.07, 6.45) is 3.27. The van der Waals surface area contributed by atoms with Crippen molar-refractivity contribution >= 4 is 5.88 Å². The summed E-state index contributed by atoms with van der Waals surface area (Å²) in [4.78, 5) is 0. The number of nitrogen functional groups attached to an aromatic ring is 1. The van der Waals surface area contributed by atoms with Gasteiger partial charge in [0.05, 0.1) is 5.69 Å². The molecule has 1 unspecified atom stereocenters. The largest absolute Gasteiger partial charge is 0.367 e. The summed E-state index contributed by atoms with van der Waals surface area (Å²) in [6, 6.07) is 8.65. The van der Waals surface area contributed by atoms with Crippen molar-refractivity contribution < 1.29 is 4.52 Å². The van der Waals surface area contributed by atoms with Crippen LogP contribution in [0.3, 0.4) is 0 Å². The third-order valence-corrected chi connectivity index (χ3v) is 3.58. The number of rotatable bonds is 1. The summed E-state index contributed by atoms with van der Waals surface area (Å²) < 4.78 is 5.12. The lowest BCUT2D eigenvalue weighted by Gasteiger charge is -2.20. The van der Waals surface area contributed by atoms with Crippen LogP contribution < -0.4 is 5.73 Å². The van der Waals surface area contributed by atoms with E-state index in [-0.39, 0.29) is 0 Å². The molecule has 88 valence electrons. The van der Waals surface area contributed by atoms with Gasteiger partial charge in [-0.1, -0.05) is 35.0 Å². The summed E-state index contributed by atoms with van der Waals surface area (Å²) in [6.45, 7) is 2.10. The van der Waals surface area contributed by atoms with Crippen LogP contribution in [0.2, 0.25) is 0 Å². The first-order chi connectivity index (χ1) is 8.25. The monoisotopic (exact) mass is 228 g/mol. The number of anilines is 1. The minimum absolute atomic E-state index is 0.348. The lowest BCUT2D eigenvalue weighted by Crippen LogP contribution is -2.11. The lowest BCUT2D eigenvalue weighted by atomic mass is 9.83. The van der Waals surface area contributed by atoms with Crippen LogP contribution in [0.25, 0.3) is 0 Å². The van der Waals surface area contributed by atoms with Crippen LogP contribution in [0.15, 0.2) is 28.8 Å². The van der Waals surface area contributed by atoms with Gasteiger partial charge in [-0.15, -0.1) is 0 Å². The van der Waals surface area contributed by atoms with Crippen LogP contribution in [0, 0.1) is 6.92 Å². The van der Waals surface area contributed by atoms with E-state index in [2.05, 4.69) is 36.3 Å². The molecule has 1 aliphatic carbocycles. The highest BCUT2D eigenvalue weighted by Crippen LogP contribution is 2.38. The third kappa shape index (κ3) is 1.71. The fourth-order valence-corrected chi connectivity index (χ4v) is 2.60. The molecule has 0 saturated carbocycles. The molecule has 2 aromatic rings. The Labute approximate surface area is 101 Å². The number of benzene rings is 1. The van der Waals surface area contributed by atoms with Crippen molar-refractivity contribution in [3.05, 3.63) is 46.6 Å². The average Bonchev–Trinajstić information content (AvgIpc) is 2.73. The quantitative estimate of drug-likeness (QED) is 0.816. The van der Waals surface area contributed by atoms with Crippen molar-refractivity contribution in [1.29, 1.82) is 0 Å². The molecule has 0 aliphatic heterocycles. The van der Waals surface area contributed by atoms with Crippen molar-refractivity contribution in [3.63, 3.8) is 0 Å². The summed E-state index contributed by atoms with van der Waals surface area (Å²) in [7, 11) is 0. The van der Waals surface area contributed by atoms with E-state index in [1.165, 1.54) is 11.1 Å². The molecule has 0 fully saturated rings. The molecule has 3 rings (SSSR count). The molecule has 1 aliphatic rings. The van der Waals surface area contributed by atoms with Crippen LogP contribution in [0.1, 0.15) is 41.1 Å². The van der Waals surface area contributed by atoms with Gasteiger partial charge in [0.2, 0.25) is 5.88 Å². The van der Waals surface area contributed by atoms with Crippen molar-refractivity contribution in [2.75, 3.05) is 5.73 Å². The third-order valence-electron chi connectivity index (χ3n) is 3.58. The second-order valence-electron chi connectivity index (χ2n) is 4.77. The van der Waals surface area contributed by atoms with Crippen LogP contribution in [0.4, 0.5) is 5.88 Å². The highest BCUT2D eigenvalue weighted by Gasteiger charge is 2.27. The molecule has 0 spiro atoms. The SMILES string of the molecule is Cc1ccc(C2CCCc3c2noc3N)cc1. The summed E-state index contributed by atoms with van der Waals surface area (Å²) >= 11 is 0. The molecule has 3 nitrogen and oxygen atoms in total. The number of nitrogens with zero attached hydrogens (tertiary/aromatic N) is 1. The van der Waals surface area contributed by atoms with Gasteiger partial charge >= 0.3 is 0 Å². The zero-order valence-electron chi connectivity index (χ0n) is 9.94. The van der Waals surface area contributed by atoms with Crippen LogP contribution in [0.5, 0.6) is 0 Å². The fourth-order valence-electron chi connectivity index (χ4n) is 2.60. The molecule has 0 bridgehead atoms. The first-order valence-electron chi connectivity index (χ1n) is 6.06. The average molecular weight is 228 g/mol. The van der Waals surface area contributed by atoms with Crippen molar-refractivity contribution in [2.45, 2.75) is 32.1 Å². The molecular weight excluding hydrogens is 212 g/mol. The van der Waals surface area contributed by atoms with Crippen molar-refractivity contribution in [3.8, 4) is 0 Å². The van der Waals surface area contributed by atoms with Crippen LogP contribution >= 0.6 is 0 Å². The number of aromatic nitrogens is 1. The fraction of sp³-hybridized carbons (Fsp3) is 0.357. The molecule has 0 amide bonds. The lowest BCUT2D eigenvalue weighted by molar-refractivity contribution is 0.422. The van der Waals surface area contributed by atoms with Gasteiger partial charge in [0, 0.05) is 11.5 Å². The molecule has 1 aromatic carbocycles. The summed E-state index contributed by atoms with van der Waals surface area (Å²) in [5.74, 6) is 0.845. The van der Waals surface area contributed by atoms with Gasteiger partial charge in [-0.3, -0.25) is 0 Å². The number of nitrogens with two attached hydrogens (primary N) is 1. The van der Waals surface area contributed by atoms with Crippen LogP contribution in [-0.2, 0) is 6.42 Å². The van der Waals surface area contributed by atoms with Crippen LogP contribution in [-0.4, -0.2) is 5.16 Å². The predicted octanol–water partition coefficient (Wildman–Crippen LogP) is 3.03. The molecule has 1 atom stereocenters. The first-order valence-corrected chi connectivity index (χ1v) is 6.06. The molecule has 0 radical (unpaired) electrons. The van der Waals surface area contributed by atoms with Gasteiger partial charge in [-0.2, -0.15) is 0 Å². The van der Waals surface area contributed by atoms with E-state index < -0.39 is 0 Å². The number of hydrogen-bond donors (Lipinski definition) is 1. The van der Waals surface area contributed by atoms with Gasteiger partial charge in [0.1, 0.15) is 0 Å². The van der Waals surface area contributed by atoms with Gasteiger partial charge in [0.15, 0.2) is 0 Å². The standard InChI is InChI=1S/C14H16N2O/c1-9-5-7-10(8-6-9)11-3-2-4-12-13(11)16-17-14(12)15/h5-8,11H,2-4,15H2,1H3. The molecule has 17 heavy (non-hydrogen) atoms. The van der Waals surface area contributed by atoms with E-state index in [4.69, 9.17) is 10.3 Å². The van der Waals surface area contributed by atoms with Gasteiger partial charge < -0.3 is 10.3 Å². The van der Waals surface area contributed by atoms with E-state index in [0.717, 1.165) is 30.5 Å². The topological polar surface area (TPSA) is 52.0 Å². The first kappa shape index (κ1) is 10.4. The minimum atomic E-state index is 0.348. The highest BCUT2D eigenvalue weighted by atomic mass is 16.5. The zero-order chi connectivity index (χ0) is 11.8. The second kappa shape index (κ2) is 3.91. The second-order valence-corrected chi connectivity index (χ2v) is 4.77. The number of fused-ring (bicyclic) bond motifs is 1. The minimum Gasteiger partial charge on any atom is -0.367 e. The Balaban J connectivity index is 2.02. The summed E-state index contributed by atoms with van der Waals surface area (Å²) in [5, 5.41) is 4.14. The maximum atomic E-state index is 5.80. The maximum absolute atomic E-state index is 5.80. The van der Waals surface area contributed by atoms with Crippen molar-refractivity contribution in [1.82, 2.24) is 5.16 Å². The number of hydrogen-bond acceptors (Lipinski definition) is 3. The molecule has 0 saturated heterocycles. The Kier molecular flexibility index (Phi) is 2.39. The van der Waals surface area contributed by atoms with Gasteiger partial charge in [-0.25, -0.2) is 0 Å². The molecule has 1 heterocycles. The Bertz CT molecular complexity index is 528. The Morgan fingerprint density at radius 2 is 2.06 bits per heavy atom. The Morgan fingerprint density at radius 3 is 2.82 bits per heavy atom. The van der Waals surface area contributed by atoms with E-state index >= 15 is 0 Å². The van der Waals surface area contributed by atoms with E-state index in [9.17, 15) is 0 Å². The zero-order valence-corrected chi connectivity index (χ0v) is 9.94.